The molecule has 0 bridgehead atoms. The zero-order chi connectivity index (χ0) is 24.7. The first kappa shape index (κ1) is 25.2. The van der Waals surface area contributed by atoms with Gasteiger partial charge in [-0.1, -0.05) is 52.0 Å². The van der Waals surface area contributed by atoms with Crippen LogP contribution in [0.1, 0.15) is 71.9 Å². The maximum Gasteiger partial charge on any atom is 0.343 e. The monoisotopic (exact) mass is 458 g/mol. The summed E-state index contributed by atoms with van der Waals surface area (Å²) in [5.74, 6) is 2.42. The van der Waals surface area contributed by atoms with Crippen molar-refractivity contribution in [2.45, 2.75) is 46.5 Å². The van der Waals surface area contributed by atoms with Crippen LogP contribution < -0.4 is 9.47 Å². The molecule has 34 heavy (non-hydrogen) atoms. The van der Waals surface area contributed by atoms with Gasteiger partial charge in [-0.2, -0.15) is 0 Å². The normalized spacial score (nSPS) is 12.0. The molecule has 0 saturated heterocycles. The van der Waals surface area contributed by atoms with Crippen LogP contribution in [0.2, 0.25) is 0 Å². The number of esters is 1. The van der Waals surface area contributed by atoms with E-state index in [1.54, 1.807) is 43.5 Å². The Morgan fingerprint density at radius 2 is 1.29 bits per heavy atom. The summed E-state index contributed by atoms with van der Waals surface area (Å²) in [6.07, 6.45) is 1.39. The Morgan fingerprint density at radius 3 is 1.82 bits per heavy atom. The van der Waals surface area contributed by atoms with Crippen molar-refractivity contribution >= 4 is 11.8 Å². The van der Waals surface area contributed by atoms with E-state index in [0.717, 1.165) is 12.0 Å². The Morgan fingerprint density at radius 1 is 0.735 bits per heavy atom. The number of hydrogen-bond acceptors (Lipinski definition) is 4. The van der Waals surface area contributed by atoms with Gasteiger partial charge >= 0.3 is 5.97 Å². The quantitative estimate of drug-likeness (QED) is 0.184. The number of hydrogen-bond donors (Lipinski definition) is 0. The first-order valence-corrected chi connectivity index (χ1v) is 11.8. The number of carbonyl (C=O) groups excluding carboxylic acids is 2. The zero-order valence-electron chi connectivity index (χ0n) is 20.7. The van der Waals surface area contributed by atoms with Gasteiger partial charge in [-0.15, -0.1) is 0 Å². The van der Waals surface area contributed by atoms with Crippen LogP contribution in [0.15, 0.2) is 72.8 Å². The highest BCUT2D eigenvalue weighted by molar-refractivity contribution is 5.97. The maximum atomic E-state index is 12.6. The van der Waals surface area contributed by atoms with Gasteiger partial charge in [-0.05, 0) is 83.8 Å². The van der Waals surface area contributed by atoms with Gasteiger partial charge in [0.25, 0.3) is 0 Å². The van der Waals surface area contributed by atoms with E-state index in [9.17, 15) is 9.59 Å². The third-order valence-electron chi connectivity index (χ3n) is 6.02. The van der Waals surface area contributed by atoms with Crippen molar-refractivity contribution in [1.29, 1.82) is 0 Å². The number of ketones is 1. The highest BCUT2D eigenvalue weighted by atomic mass is 16.5. The minimum absolute atomic E-state index is 0.0182. The van der Waals surface area contributed by atoms with Crippen molar-refractivity contribution in [3.8, 4) is 11.5 Å². The molecule has 3 rings (SSSR count). The van der Waals surface area contributed by atoms with E-state index < -0.39 is 5.97 Å². The standard InChI is InChI=1S/C30H34O4/c1-20(2)18-28(21(3)4)23-8-10-25(11-9-23)30(32)34-27-14-6-22(7-15-27)19-29(31)24-12-16-26(33-5)17-13-24/h6-17,20-21,28H,18-19H2,1-5H3. The maximum absolute atomic E-state index is 12.6. The van der Waals surface area contributed by atoms with Gasteiger partial charge in [-0.3, -0.25) is 4.79 Å². The smallest absolute Gasteiger partial charge is 0.343 e. The second-order valence-corrected chi connectivity index (χ2v) is 9.46. The lowest BCUT2D eigenvalue weighted by molar-refractivity contribution is 0.0734. The molecule has 0 aliphatic carbocycles. The molecule has 0 aliphatic rings. The molecule has 1 atom stereocenters. The molecule has 0 N–H and O–H groups in total. The Hall–Kier alpha value is -3.40. The molecule has 0 aromatic heterocycles. The largest absolute Gasteiger partial charge is 0.497 e. The number of carbonyl (C=O) groups is 2. The van der Waals surface area contributed by atoms with Crippen LogP contribution in [0.25, 0.3) is 0 Å². The number of Topliss-reactive ketones (excluding diaryl/α,β-unsaturated/α-hetero) is 1. The second-order valence-electron chi connectivity index (χ2n) is 9.46. The van der Waals surface area contributed by atoms with Crippen LogP contribution in [-0.4, -0.2) is 18.9 Å². The fraction of sp³-hybridized carbons (Fsp3) is 0.333. The van der Waals surface area contributed by atoms with Gasteiger partial charge < -0.3 is 9.47 Å². The molecule has 0 saturated carbocycles. The molecule has 4 nitrogen and oxygen atoms in total. The molecule has 0 spiro atoms. The SMILES string of the molecule is COc1ccc(C(=O)Cc2ccc(OC(=O)c3ccc(C(CC(C)C)C(C)C)cc3)cc2)cc1. The van der Waals surface area contributed by atoms with E-state index in [4.69, 9.17) is 9.47 Å². The van der Waals surface area contributed by atoms with Crippen LogP contribution in [0.5, 0.6) is 11.5 Å². The molecule has 0 heterocycles. The molecule has 178 valence electrons. The third-order valence-corrected chi connectivity index (χ3v) is 6.02. The van der Waals surface area contributed by atoms with Crippen molar-refractivity contribution in [3.63, 3.8) is 0 Å². The molecule has 4 heteroatoms. The van der Waals surface area contributed by atoms with Crippen LogP contribution in [0.3, 0.4) is 0 Å². The van der Waals surface area contributed by atoms with Gasteiger partial charge in [0.05, 0.1) is 12.7 Å². The number of benzene rings is 3. The topological polar surface area (TPSA) is 52.6 Å². The Labute approximate surface area is 202 Å². The molecule has 0 radical (unpaired) electrons. The summed E-state index contributed by atoms with van der Waals surface area (Å²) in [6, 6.07) is 21.9. The van der Waals surface area contributed by atoms with E-state index in [0.29, 0.717) is 40.4 Å². The summed E-state index contributed by atoms with van der Waals surface area (Å²) >= 11 is 0. The molecule has 3 aromatic carbocycles. The molecular weight excluding hydrogens is 424 g/mol. The number of rotatable bonds is 10. The lowest BCUT2D eigenvalue weighted by Crippen LogP contribution is -2.12. The average Bonchev–Trinajstić information content (AvgIpc) is 2.83. The van der Waals surface area contributed by atoms with Crippen molar-refractivity contribution in [1.82, 2.24) is 0 Å². The minimum atomic E-state index is -0.390. The summed E-state index contributed by atoms with van der Waals surface area (Å²) in [5, 5.41) is 0. The van der Waals surface area contributed by atoms with Gasteiger partial charge in [0, 0.05) is 12.0 Å². The summed E-state index contributed by atoms with van der Waals surface area (Å²) in [7, 11) is 1.59. The van der Waals surface area contributed by atoms with Gasteiger partial charge in [0.2, 0.25) is 0 Å². The van der Waals surface area contributed by atoms with Crippen LogP contribution >= 0.6 is 0 Å². The van der Waals surface area contributed by atoms with E-state index in [1.807, 2.05) is 36.4 Å². The Kier molecular flexibility index (Phi) is 8.64. The molecule has 3 aromatic rings. The van der Waals surface area contributed by atoms with Crippen molar-refractivity contribution in [2.24, 2.45) is 11.8 Å². The number of ether oxygens (including phenoxy) is 2. The van der Waals surface area contributed by atoms with Gasteiger partial charge in [0.1, 0.15) is 11.5 Å². The molecule has 1 unspecified atom stereocenters. The summed E-state index contributed by atoms with van der Waals surface area (Å²) in [6.45, 7) is 8.95. The van der Waals surface area contributed by atoms with E-state index in [-0.39, 0.29) is 12.2 Å². The van der Waals surface area contributed by atoms with Gasteiger partial charge in [0.15, 0.2) is 5.78 Å². The lowest BCUT2D eigenvalue weighted by atomic mass is 9.82. The van der Waals surface area contributed by atoms with E-state index in [2.05, 4.69) is 27.7 Å². The molecule has 0 amide bonds. The van der Waals surface area contributed by atoms with Crippen LogP contribution in [-0.2, 0) is 6.42 Å². The third kappa shape index (κ3) is 6.80. The minimum Gasteiger partial charge on any atom is -0.497 e. The summed E-state index contributed by atoms with van der Waals surface area (Å²) in [4.78, 5) is 25.1. The Balaban J connectivity index is 1.60. The lowest BCUT2D eigenvalue weighted by Gasteiger charge is -2.23. The highest BCUT2D eigenvalue weighted by Crippen LogP contribution is 2.31. The predicted molar refractivity (Wildman–Crippen MR) is 136 cm³/mol. The number of methoxy groups -OCH3 is 1. The molecule has 0 fully saturated rings. The summed E-state index contributed by atoms with van der Waals surface area (Å²) < 4.78 is 10.7. The predicted octanol–water partition coefficient (Wildman–Crippen LogP) is 7.13. The van der Waals surface area contributed by atoms with E-state index >= 15 is 0 Å². The molecular formula is C30H34O4. The van der Waals surface area contributed by atoms with Crippen LogP contribution in [0, 0.1) is 11.8 Å². The fourth-order valence-corrected chi connectivity index (χ4v) is 4.07. The highest BCUT2D eigenvalue weighted by Gasteiger charge is 2.18. The Bertz CT molecular complexity index is 1080. The summed E-state index contributed by atoms with van der Waals surface area (Å²) in [5.41, 5.74) is 3.27. The first-order chi connectivity index (χ1) is 16.3. The van der Waals surface area contributed by atoms with Crippen molar-refractivity contribution in [3.05, 3.63) is 95.1 Å². The first-order valence-electron chi connectivity index (χ1n) is 11.8. The molecule has 0 aliphatic heterocycles. The average molecular weight is 459 g/mol. The second kappa shape index (κ2) is 11.6. The van der Waals surface area contributed by atoms with Crippen molar-refractivity contribution < 1.29 is 19.1 Å². The van der Waals surface area contributed by atoms with E-state index in [1.165, 1.54) is 5.56 Å². The van der Waals surface area contributed by atoms with Crippen molar-refractivity contribution in [2.75, 3.05) is 7.11 Å². The zero-order valence-corrected chi connectivity index (χ0v) is 20.7. The fourth-order valence-electron chi connectivity index (χ4n) is 4.07. The van der Waals surface area contributed by atoms with Crippen LogP contribution in [0.4, 0.5) is 0 Å². The van der Waals surface area contributed by atoms with Gasteiger partial charge in [-0.25, -0.2) is 4.79 Å².